The summed E-state index contributed by atoms with van der Waals surface area (Å²) in [5.74, 6) is 0.785. The van der Waals surface area contributed by atoms with E-state index in [2.05, 4.69) is 6.08 Å². The molecule has 0 radical (unpaired) electrons. The summed E-state index contributed by atoms with van der Waals surface area (Å²) in [6.45, 7) is 0. The maximum absolute atomic E-state index is 10.6. The van der Waals surface area contributed by atoms with Crippen LogP contribution in [0.4, 0.5) is 0 Å². The summed E-state index contributed by atoms with van der Waals surface area (Å²) in [6.07, 6.45) is 6.97. The van der Waals surface area contributed by atoms with Gasteiger partial charge >= 0.3 is 0 Å². The summed E-state index contributed by atoms with van der Waals surface area (Å²) >= 11 is 0. The largest absolute Gasteiger partial charge is 0.303 e. The third kappa shape index (κ3) is 0.785. The summed E-state index contributed by atoms with van der Waals surface area (Å²) in [6, 6.07) is 0. The summed E-state index contributed by atoms with van der Waals surface area (Å²) in [7, 11) is 0. The first-order valence-electron chi connectivity index (χ1n) is 3.95. The van der Waals surface area contributed by atoms with Crippen molar-refractivity contribution in [2.75, 3.05) is 0 Å². The van der Waals surface area contributed by atoms with Crippen molar-refractivity contribution in [3.63, 3.8) is 0 Å². The van der Waals surface area contributed by atoms with Crippen LogP contribution >= 0.6 is 0 Å². The highest BCUT2D eigenvalue weighted by molar-refractivity contribution is 5.64. The average Bonchev–Trinajstić information content (AvgIpc) is 2.59. The second kappa shape index (κ2) is 2.29. The molecule has 0 aliphatic heterocycles. The molecule has 0 aromatic rings. The Hall–Kier alpha value is -0.920. The lowest BCUT2D eigenvalue weighted by molar-refractivity contribution is -0.113. The monoisotopic (exact) mass is 150 g/mol. The molecule has 58 valence electrons. The van der Waals surface area contributed by atoms with Crippen LogP contribution in [-0.2, 0) is 9.59 Å². The van der Waals surface area contributed by atoms with Gasteiger partial charge in [0.05, 0.1) is 0 Å². The highest BCUT2D eigenvalue weighted by Crippen LogP contribution is 2.46. The van der Waals surface area contributed by atoms with Crippen molar-refractivity contribution in [3.05, 3.63) is 12.2 Å². The van der Waals surface area contributed by atoms with Crippen molar-refractivity contribution >= 4 is 12.6 Å². The Morgan fingerprint density at radius 2 is 2.00 bits per heavy atom. The fraction of sp³-hybridized carbons (Fsp3) is 0.556. The highest BCUT2D eigenvalue weighted by atomic mass is 16.1. The second-order valence-corrected chi connectivity index (χ2v) is 3.38. The van der Waals surface area contributed by atoms with Crippen LogP contribution in [0, 0.1) is 23.7 Å². The van der Waals surface area contributed by atoms with Gasteiger partial charge in [0.15, 0.2) is 0 Å². The van der Waals surface area contributed by atoms with Crippen molar-refractivity contribution in [1.29, 1.82) is 0 Å². The molecule has 2 aliphatic rings. The van der Waals surface area contributed by atoms with Crippen LogP contribution in [0.2, 0.25) is 0 Å². The molecule has 0 saturated heterocycles. The fourth-order valence-electron chi connectivity index (χ4n) is 2.29. The van der Waals surface area contributed by atoms with Crippen LogP contribution in [0.1, 0.15) is 6.42 Å². The summed E-state index contributed by atoms with van der Waals surface area (Å²) in [5.41, 5.74) is 0. The molecule has 2 heteroatoms. The molecule has 1 saturated carbocycles. The van der Waals surface area contributed by atoms with E-state index in [1.165, 1.54) is 0 Å². The molecule has 0 aromatic carbocycles. The number of hydrogen-bond donors (Lipinski definition) is 0. The number of carbonyl (C=O) groups excluding carboxylic acids is 2. The molecule has 0 spiro atoms. The Balaban J connectivity index is 2.23. The summed E-state index contributed by atoms with van der Waals surface area (Å²) in [5, 5.41) is 0. The first-order valence-corrected chi connectivity index (χ1v) is 3.95. The quantitative estimate of drug-likeness (QED) is 0.431. The Kier molecular flexibility index (Phi) is 1.41. The van der Waals surface area contributed by atoms with Crippen molar-refractivity contribution in [2.24, 2.45) is 23.7 Å². The lowest BCUT2D eigenvalue weighted by Crippen LogP contribution is -2.12. The second-order valence-electron chi connectivity index (χ2n) is 3.38. The van der Waals surface area contributed by atoms with E-state index in [4.69, 9.17) is 0 Å². The van der Waals surface area contributed by atoms with Crippen molar-refractivity contribution < 1.29 is 9.59 Å². The van der Waals surface area contributed by atoms with Crippen LogP contribution < -0.4 is 0 Å². The van der Waals surface area contributed by atoms with E-state index in [0.29, 0.717) is 5.92 Å². The van der Waals surface area contributed by atoms with E-state index in [9.17, 15) is 9.59 Å². The van der Waals surface area contributed by atoms with Gasteiger partial charge in [0.1, 0.15) is 12.6 Å². The van der Waals surface area contributed by atoms with E-state index < -0.39 is 0 Å². The maximum atomic E-state index is 10.6. The molecule has 0 heterocycles. The van der Waals surface area contributed by atoms with Gasteiger partial charge < -0.3 is 9.59 Å². The number of allylic oxidation sites excluding steroid dienone is 2. The molecular weight excluding hydrogens is 140 g/mol. The van der Waals surface area contributed by atoms with Crippen LogP contribution in [0.15, 0.2) is 12.2 Å². The topological polar surface area (TPSA) is 34.1 Å². The van der Waals surface area contributed by atoms with Crippen LogP contribution in [-0.4, -0.2) is 12.6 Å². The number of fused-ring (bicyclic) bond motifs is 2. The van der Waals surface area contributed by atoms with Gasteiger partial charge in [-0.2, -0.15) is 0 Å². The zero-order chi connectivity index (χ0) is 7.84. The molecule has 1 fully saturated rings. The maximum Gasteiger partial charge on any atom is 0.124 e. The first-order chi connectivity index (χ1) is 5.36. The van der Waals surface area contributed by atoms with Gasteiger partial charge in [0.25, 0.3) is 0 Å². The van der Waals surface area contributed by atoms with E-state index in [-0.39, 0.29) is 17.8 Å². The predicted molar refractivity (Wildman–Crippen MR) is 39.8 cm³/mol. The average molecular weight is 150 g/mol. The smallest absolute Gasteiger partial charge is 0.124 e. The minimum absolute atomic E-state index is 0.102. The molecule has 0 N–H and O–H groups in total. The third-order valence-electron chi connectivity index (χ3n) is 2.89. The Labute approximate surface area is 65.3 Å². The Bertz CT molecular complexity index is 220. The van der Waals surface area contributed by atoms with Crippen LogP contribution in [0.25, 0.3) is 0 Å². The summed E-state index contributed by atoms with van der Waals surface area (Å²) < 4.78 is 0. The van der Waals surface area contributed by atoms with E-state index in [1.807, 2.05) is 6.08 Å². The Morgan fingerprint density at radius 3 is 2.45 bits per heavy atom. The highest BCUT2D eigenvalue weighted by Gasteiger charge is 2.44. The molecule has 11 heavy (non-hydrogen) atoms. The van der Waals surface area contributed by atoms with Gasteiger partial charge in [0.2, 0.25) is 0 Å². The number of aldehydes is 2. The Morgan fingerprint density at radius 1 is 1.18 bits per heavy atom. The van der Waals surface area contributed by atoms with E-state index >= 15 is 0 Å². The summed E-state index contributed by atoms with van der Waals surface area (Å²) in [4.78, 5) is 21.1. The lowest BCUT2D eigenvalue weighted by atomic mass is 9.93. The van der Waals surface area contributed by atoms with Gasteiger partial charge in [-0.25, -0.2) is 0 Å². The molecule has 2 nitrogen and oxygen atoms in total. The molecule has 2 aliphatic carbocycles. The van der Waals surface area contributed by atoms with Crippen LogP contribution in [0.5, 0.6) is 0 Å². The molecule has 0 unspecified atom stereocenters. The van der Waals surface area contributed by atoms with Gasteiger partial charge in [-0.3, -0.25) is 0 Å². The standard InChI is InChI=1S/C9H10O2/c10-4-7-3-6-1-2-8(7)9(6)5-11/h1-2,4-9H,3H2/t6-,7-,8+,9+/m1/s1. The lowest BCUT2D eigenvalue weighted by Gasteiger charge is -2.09. The van der Waals surface area contributed by atoms with Crippen molar-refractivity contribution in [1.82, 2.24) is 0 Å². The van der Waals surface area contributed by atoms with Crippen molar-refractivity contribution in [3.8, 4) is 0 Å². The first kappa shape index (κ1) is 6.77. The number of hydrogen-bond acceptors (Lipinski definition) is 2. The van der Waals surface area contributed by atoms with Gasteiger partial charge in [0, 0.05) is 11.8 Å². The minimum atomic E-state index is 0.102. The van der Waals surface area contributed by atoms with Gasteiger partial charge in [-0.15, -0.1) is 0 Å². The SMILES string of the molecule is O=C[C@@H]1[C@H]2C=C[C@@H]1C[C@@H]2C=O. The predicted octanol–water partition coefficient (Wildman–Crippen LogP) is 0.823. The third-order valence-corrected chi connectivity index (χ3v) is 2.89. The molecule has 2 bridgehead atoms. The van der Waals surface area contributed by atoms with E-state index in [1.54, 1.807) is 0 Å². The number of rotatable bonds is 2. The fourth-order valence-corrected chi connectivity index (χ4v) is 2.29. The van der Waals surface area contributed by atoms with Gasteiger partial charge in [-0.1, -0.05) is 12.2 Å². The minimum Gasteiger partial charge on any atom is -0.303 e. The molecule has 0 amide bonds. The molecule has 0 aromatic heterocycles. The molecule has 4 atom stereocenters. The molecular formula is C9H10O2. The number of carbonyl (C=O) groups is 2. The van der Waals surface area contributed by atoms with Crippen molar-refractivity contribution in [2.45, 2.75) is 6.42 Å². The van der Waals surface area contributed by atoms with Gasteiger partial charge in [-0.05, 0) is 18.3 Å². The van der Waals surface area contributed by atoms with Crippen LogP contribution in [0.3, 0.4) is 0 Å². The normalized spacial score (nSPS) is 46.2. The molecule has 2 rings (SSSR count). The van der Waals surface area contributed by atoms with E-state index in [0.717, 1.165) is 19.0 Å². The zero-order valence-corrected chi connectivity index (χ0v) is 6.14. The zero-order valence-electron chi connectivity index (χ0n) is 6.14.